The number of fused-ring (bicyclic) bond motifs is 2. The highest BCUT2D eigenvalue weighted by Gasteiger charge is 2.28. The first-order chi connectivity index (χ1) is 10.5. The van der Waals surface area contributed by atoms with Gasteiger partial charge in [0.15, 0.2) is 6.29 Å². The zero-order chi connectivity index (χ0) is 16.0. The predicted molar refractivity (Wildman–Crippen MR) is 84.3 cm³/mol. The molecule has 0 radical (unpaired) electrons. The minimum Gasteiger partial charge on any atom is -0.507 e. The van der Waals surface area contributed by atoms with Crippen molar-refractivity contribution in [3.05, 3.63) is 39.4 Å². The minimum absolute atomic E-state index is 0.0509. The minimum atomic E-state index is -0.723. The molecule has 1 aliphatic rings. The summed E-state index contributed by atoms with van der Waals surface area (Å²) in [6, 6.07) is 1.85. The molecule has 0 heterocycles. The number of rotatable bonds is 2. The van der Waals surface area contributed by atoms with E-state index in [-0.39, 0.29) is 12.4 Å². The number of aromatic hydroxyl groups is 1. The molecular weight excluding hydrogens is 280 g/mol. The lowest BCUT2D eigenvalue weighted by Gasteiger charge is -2.27. The Labute approximate surface area is 129 Å². The van der Waals surface area contributed by atoms with Gasteiger partial charge < -0.3 is 15.3 Å². The van der Waals surface area contributed by atoms with E-state index in [0.29, 0.717) is 28.5 Å². The Balaban J connectivity index is 2.53. The van der Waals surface area contributed by atoms with Crippen LogP contribution in [0.5, 0.6) is 5.75 Å². The van der Waals surface area contributed by atoms with E-state index in [1.54, 1.807) is 6.92 Å². The molecule has 0 saturated heterocycles. The summed E-state index contributed by atoms with van der Waals surface area (Å²) < 4.78 is 0. The standard InChI is InChI=1S/C18H20O4/c1-9-6-12-14(8-20)11-4-3-5-15(21)17(11)18(22)16(12)10(2)13(9)7-19/h6-7,15,20-22H,3-5,8H2,1-2H3. The van der Waals surface area contributed by atoms with Crippen molar-refractivity contribution in [1.82, 2.24) is 0 Å². The summed E-state index contributed by atoms with van der Waals surface area (Å²) >= 11 is 0. The van der Waals surface area contributed by atoms with Gasteiger partial charge in [-0.1, -0.05) is 6.07 Å². The van der Waals surface area contributed by atoms with Gasteiger partial charge in [-0.2, -0.15) is 0 Å². The predicted octanol–water partition coefficient (Wildman–Crippen LogP) is 2.84. The average molecular weight is 300 g/mol. The van der Waals surface area contributed by atoms with Crippen molar-refractivity contribution in [3.8, 4) is 5.75 Å². The summed E-state index contributed by atoms with van der Waals surface area (Å²) in [5.41, 5.74) is 4.20. The molecule has 1 atom stereocenters. The number of aliphatic hydroxyl groups is 2. The number of aldehydes is 1. The number of hydrogen-bond acceptors (Lipinski definition) is 4. The first-order valence-corrected chi connectivity index (χ1v) is 7.55. The van der Waals surface area contributed by atoms with Crippen LogP contribution in [-0.2, 0) is 13.0 Å². The van der Waals surface area contributed by atoms with Crippen molar-refractivity contribution in [2.75, 3.05) is 0 Å². The van der Waals surface area contributed by atoms with Crippen LogP contribution in [0.15, 0.2) is 6.07 Å². The third-order valence-electron chi connectivity index (χ3n) is 4.85. The van der Waals surface area contributed by atoms with Gasteiger partial charge >= 0.3 is 0 Å². The third kappa shape index (κ3) is 1.95. The monoisotopic (exact) mass is 300 g/mol. The molecule has 116 valence electrons. The van der Waals surface area contributed by atoms with E-state index in [9.17, 15) is 20.1 Å². The van der Waals surface area contributed by atoms with Gasteiger partial charge in [0.2, 0.25) is 0 Å². The van der Waals surface area contributed by atoms with Crippen LogP contribution < -0.4 is 0 Å². The second-order valence-electron chi connectivity index (χ2n) is 6.06. The number of carbonyl (C=O) groups is 1. The first kappa shape index (κ1) is 15.0. The highest BCUT2D eigenvalue weighted by atomic mass is 16.3. The van der Waals surface area contributed by atoms with Crippen molar-refractivity contribution in [2.45, 2.75) is 45.8 Å². The van der Waals surface area contributed by atoms with E-state index >= 15 is 0 Å². The number of hydrogen-bond donors (Lipinski definition) is 3. The summed E-state index contributed by atoms with van der Waals surface area (Å²) in [6.45, 7) is 3.50. The first-order valence-electron chi connectivity index (χ1n) is 7.55. The molecule has 0 saturated carbocycles. The highest BCUT2D eigenvalue weighted by molar-refractivity contribution is 6.01. The molecule has 1 unspecified atom stereocenters. The van der Waals surface area contributed by atoms with Crippen LogP contribution in [0.25, 0.3) is 10.8 Å². The summed E-state index contributed by atoms with van der Waals surface area (Å²) in [4.78, 5) is 11.3. The Hall–Kier alpha value is -1.91. The number of phenols is 1. The van der Waals surface area contributed by atoms with Crippen molar-refractivity contribution >= 4 is 17.1 Å². The van der Waals surface area contributed by atoms with Gasteiger partial charge in [0.1, 0.15) is 5.75 Å². The molecule has 0 aromatic heterocycles. The van der Waals surface area contributed by atoms with Crippen LogP contribution in [-0.4, -0.2) is 21.6 Å². The smallest absolute Gasteiger partial charge is 0.150 e. The fraction of sp³-hybridized carbons (Fsp3) is 0.389. The molecule has 4 heteroatoms. The third-order valence-corrected chi connectivity index (χ3v) is 4.85. The zero-order valence-electron chi connectivity index (χ0n) is 12.8. The number of benzene rings is 2. The normalized spacial score (nSPS) is 17.5. The van der Waals surface area contributed by atoms with E-state index in [4.69, 9.17) is 0 Å². The zero-order valence-corrected chi connectivity index (χ0v) is 12.8. The molecule has 0 fully saturated rings. The van der Waals surface area contributed by atoms with Crippen molar-refractivity contribution < 1.29 is 20.1 Å². The Kier molecular flexibility index (Phi) is 3.67. The molecule has 22 heavy (non-hydrogen) atoms. The molecule has 1 aliphatic carbocycles. The maximum Gasteiger partial charge on any atom is 0.150 e. The Morgan fingerprint density at radius 3 is 2.73 bits per heavy atom. The second-order valence-corrected chi connectivity index (χ2v) is 6.06. The highest BCUT2D eigenvalue weighted by Crippen LogP contribution is 2.45. The van der Waals surface area contributed by atoms with Crippen molar-refractivity contribution in [2.24, 2.45) is 0 Å². The molecule has 3 N–H and O–H groups in total. The van der Waals surface area contributed by atoms with Gasteiger partial charge in [0.25, 0.3) is 0 Å². The van der Waals surface area contributed by atoms with Gasteiger partial charge in [-0.25, -0.2) is 0 Å². The lowest BCUT2D eigenvalue weighted by molar-refractivity contribution is 0.112. The molecule has 4 nitrogen and oxygen atoms in total. The van der Waals surface area contributed by atoms with E-state index in [1.807, 2.05) is 13.0 Å². The summed E-state index contributed by atoms with van der Waals surface area (Å²) in [7, 11) is 0. The maximum atomic E-state index is 11.3. The molecular formula is C18H20O4. The van der Waals surface area contributed by atoms with Gasteiger partial charge in [-0.3, -0.25) is 4.79 Å². The fourth-order valence-corrected chi connectivity index (χ4v) is 3.77. The molecule has 2 aromatic rings. The molecule has 2 aromatic carbocycles. The maximum absolute atomic E-state index is 11.3. The lowest BCUT2D eigenvalue weighted by Crippen LogP contribution is -2.13. The van der Waals surface area contributed by atoms with Gasteiger partial charge in [0.05, 0.1) is 12.7 Å². The molecule has 0 amide bonds. The number of aliphatic hydroxyl groups excluding tert-OH is 2. The molecule has 0 spiro atoms. The summed E-state index contributed by atoms with van der Waals surface area (Å²) in [6.07, 6.45) is 2.23. The van der Waals surface area contributed by atoms with Crippen LogP contribution in [0.1, 0.15) is 57.1 Å². The fourth-order valence-electron chi connectivity index (χ4n) is 3.77. The Morgan fingerprint density at radius 1 is 1.36 bits per heavy atom. The van der Waals surface area contributed by atoms with Crippen molar-refractivity contribution in [3.63, 3.8) is 0 Å². The Bertz CT molecular complexity index is 777. The van der Waals surface area contributed by atoms with Crippen LogP contribution >= 0.6 is 0 Å². The van der Waals surface area contributed by atoms with Crippen LogP contribution in [0, 0.1) is 13.8 Å². The largest absolute Gasteiger partial charge is 0.507 e. The van der Waals surface area contributed by atoms with Gasteiger partial charge in [-0.15, -0.1) is 0 Å². The van der Waals surface area contributed by atoms with Gasteiger partial charge in [-0.05, 0) is 60.7 Å². The Morgan fingerprint density at radius 2 is 2.09 bits per heavy atom. The van der Waals surface area contributed by atoms with E-state index in [2.05, 4.69) is 0 Å². The van der Waals surface area contributed by atoms with Crippen LogP contribution in [0.4, 0.5) is 0 Å². The van der Waals surface area contributed by atoms with E-state index in [0.717, 1.165) is 41.2 Å². The topological polar surface area (TPSA) is 77.8 Å². The summed E-state index contributed by atoms with van der Waals surface area (Å²) in [5.74, 6) is 0.0509. The number of carbonyl (C=O) groups excluding carboxylic acids is 1. The van der Waals surface area contributed by atoms with Crippen LogP contribution in [0.2, 0.25) is 0 Å². The average Bonchev–Trinajstić information content (AvgIpc) is 2.47. The number of aryl methyl sites for hydroxylation is 2. The molecule has 0 aliphatic heterocycles. The van der Waals surface area contributed by atoms with E-state index < -0.39 is 6.10 Å². The van der Waals surface area contributed by atoms with Gasteiger partial charge in [0, 0.05) is 16.5 Å². The lowest BCUT2D eigenvalue weighted by atomic mass is 9.81. The van der Waals surface area contributed by atoms with E-state index in [1.165, 1.54) is 0 Å². The SMILES string of the molecule is Cc1cc2c(CO)c3c(c(O)c2c(C)c1C=O)C(O)CCC3. The second kappa shape index (κ2) is 5.38. The summed E-state index contributed by atoms with van der Waals surface area (Å²) in [5, 5.41) is 32.2. The quantitative estimate of drug-likeness (QED) is 0.745. The van der Waals surface area contributed by atoms with Crippen LogP contribution in [0.3, 0.4) is 0 Å². The molecule has 0 bridgehead atoms. The number of phenolic OH excluding ortho intramolecular Hbond substituents is 1. The van der Waals surface area contributed by atoms with Crippen molar-refractivity contribution in [1.29, 1.82) is 0 Å². The molecule has 3 rings (SSSR count).